The summed E-state index contributed by atoms with van der Waals surface area (Å²) in [4.78, 5) is 17.4. The predicted molar refractivity (Wildman–Crippen MR) is 108 cm³/mol. The molecule has 140 valence electrons. The number of carbonyl (C=O) groups is 1. The number of rotatable bonds is 8. The van der Waals surface area contributed by atoms with Crippen LogP contribution in [0.3, 0.4) is 0 Å². The molecule has 0 aliphatic carbocycles. The Labute approximate surface area is 166 Å². The summed E-state index contributed by atoms with van der Waals surface area (Å²) in [6.45, 7) is 2.45. The number of hydrogen-bond acceptors (Lipinski definition) is 5. The fraction of sp³-hybridized carbons (Fsp3) is 0.200. The molecule has 0 saturated carbocycles. The SMILES string of the molecule is CCOc1ccc(OCC(=O)Nc2ncc(Cc3ccc(Cl)cc3)s2)cc1. The van der Waals surface area contributed by atoms with E-state index in [-0.39, 0.29) is 12.5 Å². The predicted octanol–water partition coefficient (Wildman–Crippen LogP) is 4.80. The van der Waals surface area contributed by atoms with Crippen LogP contribution in [-0.4, -0.2) is 24.1 Å². The minimum Gasteiger partial charge on any atom is -0.494 e. The lowest BCUT2D eigenvalue weighted by Gasteiger charge is -2.07. The topological polar surface area (TPSA) is 60.5 Å². The zero-order chi connectivity index (χ0) is 19.1. The minimum absolute atomic E-state index is 0.0833. The Hall–Kier alpha value is -2.57. The molecule has 3 aromatic rings. The second kappa shape index (κ2) is 9.39. The number of anilines is 1. The van der Waals surface area contributed by atoms with Gasteiger partial charge in [0.05, 0.1) is 6.61 Å². The Morgan fingerprint density at radius 1 is 1.07 bits per heavy atom. The molecule has 0 atom stereocenters. The largest absolute Gasteiger partial charge is 0.494 e. The lowest BCUT2D eigenvalue weighted by molar-refractivity contribution is -0.118. The van der Waals surface area contributed by atoms with Crippen molar-refractivity contribution in [1.82, 2.24) is 4.98 Å². The number of thiazole rings is 1. The maximum atomic E-state index is 12.1. The molecule has 5 nitrogen and oxygen atoms in total. The molecule has 0 bridgehead atoms. The standard InChI is InChI=1S/C20H19ClN2O3S/c1-2-25-16-7-9-17(10-8-16)26-13-19(24)23-20-22-12-18(27-20)11-14-3-5-15(21)6-4-14/h3-10,12H,2,11,13H2,1H3,(H,22,23,24). The third kappa shape index (κ3) is 5.98. The van der Waals surface area contributed by atoms with Crippen molar-refractivity contribution < 1.29 is 14.3 Å². The lowest BCUT2D eigenvalue weighted by Crippen LogP contribution is -2.19. The second-order valence-corrected chi connectivity index (χ2v) is 7.23. The van der Waals surface area contributed by atoms with E-state index in [4.69, 9.17) is 21.1 Å². The molecule has 1 aromatic heterocycles. The normalized spacial score (nSPS) is 10.4. The van der Waals surface area contributed by atoms with Gasteiger partial charge in [0.15, 0.2) is 11.7 Å². The van der Waals surface area contributed by atoms with Gasteiger partial charge in [0.2, 0.25) is 0 Å². The van der Waals surface area contributed by atoms with E-state index in [0.717, 1.165) is 22.6 Å². The molecule has 0 radical (unpaired) electrons. The number of hydrogen-bond donors (Lipinski definition) is 1. The zero-order valence-electron chi connectivity index (χ0n) is 14.8. The molecule has 0 spiro atoms. The van der Waals surface area contributed by atoms with E-state index in [1.807, 2.05) is 31.2 Å². The summed E-state index contributed by atoms with van der Waals surface area (Å²) < 4.78 is 10.9. The summed E-state index contributed by atoms with van der Waals surface area (Å²) in [6.07, 6.45) is 2.51. The molecule has 0 aliphatic heterocycles. The van der Waals surface area contributed by atoms with E-state index in [0.29, 0.717) is 22.5 Å². The molecule has 3 rings (SSSR count). The summed E-state index contributed by atoms with van der Waals surface area (Å²) in [6, 6.07) is 14.8. The minimum atomic E-state index is -0.253. The van der Waals surface area contributed by atoms with Crippen molar-refractivity contribution in [3.8, 4) is 11.5 Å². The van der Waals surface area contributed by atoms with Crippen molar-refractivity contribution in [3.05, 3.63) is 70.2 Å². The molecule has 27 heavy (non-hydrogen) atoms. The molecule has 0 aliphatic rings. The van der Waals surface area contributed by atoms with E-state index in [2.05, 4.69) is 10.3 Å². The highest BCUT2D eigenvalue weighted by molar-refractivity contribution is 7.15. The molecule has 0 saturated heterocycles. The third-order valence-corrected chi connectivity index (χ3v) is 4.76. The molecular formula is C20H19ClN2O3S. The third-order valence-electron chi connectivity index (χ3n) is 3.60. The molecule has 0 fully saturated rings. The molecule has 2 aromatic carbocycles. The van der Waals surface area contributed by atoms with Crippen LogP contribution < -0.4 is 14.8 Å². The van der Waals surface area contributed by atoms with Crippen molar-refractivity contribution >= 4 is 34.0 Å². The Bertz CT molecular complexity index is 879. The fourth-order valence-electron chi connectivity index (χ4n) is 2.35. The van der Waals surface area contributed by atoms with E-state index >= 15 is 0 Å². The maximum absolute atomic E-state index is 12.1. The quantitative estimate of drug-likeness (QED) is 0.587. The van der Waals surface area contributed by atoms with E-state index in [9.17, 15) is 4.79 Å². The van der Waals surface area contributed by atoms with Gasteiger partial charge in [-0.15, -0.1) is 11.3 Å². The number of halogens is 1. The Balaban J connectivity index is 1.48. The van der Waals surface area contributed by atoms with Crippen molar-refractivity contribution in [1.29, 1.82) is 0 Å². The van der Waals surface area contributed by atoms with E-state index in [1.165, 1.54) is 11.3 Å². The smallest absolute Gasteiger partial charge is 0.264 e. The van der Waals surface area contributed by atoms with Crippen molar-refractivity contribution in [2.75, 3.05) is 18.5 Å². The lowest BCUT2D eigenvalue weighted by atomic mass is 10.1. The highest BCUT2D eigenvalue weighted by Gasteiger charge is 2.08. The number of nitrogens with one attached hydrogen (secondary N) is 1. The first kappa shape index (κ1) is 19.2. The van der Waals surface area contributed by atoms with Crippen LogP contribution in [-0.2, 0) is 11.2 Å². The van der Waals surface area contributed by atoms with Crippen LogP contribution in [0.4, 0.5) is 5.13 Å². The number of carbonyl (C=O) groups excluding carboxylic acids is 1. The number of nitrogens with zero attached hydrogens (tertiary/aromatic N) is 1. The number of aromatic nitrogens is 1. The highest BCUT2D eigenvalue weighted by Crippen LogP contribution is 2.22. The zero-order valence-corrected chi connectivity index (χ0v) is 16.3. The van der Waals surface area contributed by atoms with Crippen LogP contribution in [0.2, 0.25) is 5.02 Å². The fourth-order valence-corrected chi connectivity index (χ4v) is 3.34. The Morgan fingerprint density at radius 2 is 1.74 bits per heavy atom. The van der Waals surface area contributed by atoms with Crippen LogP contribution in [0.5, 0.6) is 11.5 Å². The van der Waals surface area contributed by atoms with Crippen LogP contribution >= 0.6 is 22.9 Å². The maximum Gasteiger partial charge on any atom is 0.264 e. The van der Waals surface area contributed by atoms with Crippen LogP contribution in [0.15, 0.2) is 54.7 Å². The van der Waals surface area contributed by atoms with Gasteiger partial charge in [-0.2, -0.15) is 0 Å². The van der Waals surface area contributed by atoms with Gasteiger partial charge in [-0.3, -0.25) is 10.1 Å². The molecule has 1 N–H and O–H groups in total. The van der Waals surface area contributed by atoms with Gasteiger partial charge in [-0.05, 0) is 48.9 Å². The van der Waals surface area contributed by atoms with Gasteiger partial charge in [0.25, 0.3) is 5.91 Å². The molecule has 1 amide bonds. The average Bonchev–Trinajstić information content (AvgIpc) is 3.10. The summed E-state index contributed by atoms with van der Waals surface area (Å²) >= 11 is 7.34. The summed E-state index contributed by atoms with van der Waals surface area (Å²) in [7, 11) is 0. The first-order valence-corrected chi connectivity index (χ1v) is 9.66. The van der Waals surface area contributed by atoms with Crippen LogP contribution in [0.1, 0.15) is 17.4 Å². The molecule has 0 unspecified atom stereocenters. The van der Waals surface area contributed by atoms with Gasteiger partial charge in [0.1, 0.15) is 11.5 Å². The first-order chi connectivity index (χ1) is 13.1. The molecule has 7 heteroatoms. The summed E-state index contributed by atoms with van der Waals surface area (Å²) in [5, 5.41) is 4.02. The summed E-state index contributed by atoms with van der Waals surface area (Å²) in [5.41, 5.74) is 1.14. The van der Waals surface area contributed by atoms with Crippen molar-refractivity contribution in [2.24, 2.45) is 0 Å². The molecular weight excluding hydrogens is 384 g/mol. The monoisotopic (exact) mass is 402 g/mol. The first-order valence-electron chi connectivity index (χ1n) is 8.47. The Kier molecular flexibility index (Phi) is 6.68. The highest BCUT2D eigenvalue weighted by atomic mass is 35.5. The second-order valence-electron chi connectivity index (χ2n) is 5.68. The van der Waals surface area contributed by atoms with Gasteiger partial charge in [-0.1, -0.05) is 23.7 Å². The summed E-state index contributed by atoms with van der Waals surface area (Å²) in [5.74, 6) is 1.12. The molecule has 1 heterocycles. The van der Waals surface area contributed by atoms with Crippen molar-refractivity contribution in [3.63, 3.8) is 0 Å². The Morgan fingerprint density at radius 3 is 2.41 bits per heavy atom. The van der Waals surface area contributed by atoms with Crippen molar-refractivity contribution in [2.45, 2.75) is 13.3 Å². The van der Waals surface area contributed by atoms with Gasteiger partial charge in [-0.25, -0.2) is 4.98 Å². The van der Waals surface area contributed by atoms with E-state index < -0.39 is 0 Å². The average molecular weight is 403 g/mol. The van der Waals surface area contributed by atoms with Gasteiger partial charge in [0, 0.05) is 22.5 Å². The number of benzene rings is 2. The van der Waals surface area contributed by atoms with Crippen LogP contribution in [0.25, 0.3) is 0 Å². The van der Waals surface area contributed by atoms with Gasteiger partial charge < -0.3 is 9.47 Å². The van der Waals surface area contributed by atoms with E-state index in [1.54, 1.807) is 30.5 Å². The number of amides is 1. The number of ether oxygens (including phenoxy) is 2. The van der Waals surface area contributed by atoms with Crippen LogP contribution in [0, 0.1) is 0 Å². The van der Waals surface area contributed by atoms with Gasteiger partial charge >= 0.3 is 0 Å².